The molecule has 0 aliphatic rings. The average molecular weight is 262 g/mol. The molecule has 0 saturated carbocycles. The van der Waals surface area contributed by atoms with E-state index in [0.717, 1.165) is 17.7 Å². The van der Waals surface area contributed by atoms with Crippen molar-refractivity contribution in [2.24, 2.45) is 0 Å². The zero-order valence-corrected chi connectivity index (χ0v) is 12.5. The molecule has 1 aromatic rings. The van der Waals surface area contributed by atoms with Crippen molar-refractivity contribution in [2.45, 2.75) is 53.0 Å². The van der Waals surface area contributed by atoms with E-state index in [1.165, 1.54) is 18.4 Å². The first-order valence-electron chi connectivity index (χ1n) is 7.23. The topological polar surface area (TPSA) is 41.1 Å². The van der Waals surface area contributed by atoms with E-state index in [2.05, 4.69) is 31.4 Å². The number of unbranched alkanes of at least 4 members (excludes halogenated alkanes) is 1. The molecule has 19 heavy (non-hydrogen) atoms. The molecule has 1 aromatic carbocycles. The fourth-order valence-corrected chi connectivity index (χ4v) is 2.03. The van der Waals surface area contributed by atoms with E-state index in [9.17, 15) is 4.79 Å². The van der Waals surface area contributed by atoms with Crippen LogP contribution in [0.2, 0.25) is 0 Å². The predicted molar refractivity (Wildman–Crippen MR) is 81.8 cm³/mol. The summed E-state index contributed by atoms with van der Waals surface area (Å²) in [6.45, 7) is 9.04. The van der Waals surface area contributed by atoms with Gasteiger partial charge in [0.15, 0.2) is 0 Å². The van der Waals surface area contributed by atoms with Gasteiger partial charge in [-0.2, -0.15) is 0 Å². The number of anilines is 1. The van der Waals surface area contributed by atoms with Crippen molar-refractivity contribution in [2.75, 3.05) is 11.9 Å². The van der Waals surface area contributed by atoms with Crippen molar-refractivity contribution in [3.05, 3.63) is 29.3 Å². The second-order valence-electron chi connectivity index (χ2n) is 5.08. The van der Waals surface area contributed by atoms with E-state index in [1.54, 1.807) is 0 Å². The van der Waals surface area contributed by atoms with Gasteiger partial charge in [-0.25, -0.2) is 0 Å². The smallest absolute Gasteiger partial charge is 0.251 e. The lowest BCUT2D eigenvalue weighted by Crippen LogP contribution is -2.23. The van der Waals surface area contributed by atoms with Gasteiger partial charge < -0.3 is 10.6 Å². The molecular formula is C16H26N2O. The van der Waals surface area contributed by atoms with Crippen LogP contribution in [0.1, 0.15) is 56.0 Å². The molecule has 1 amide bonds. The number of nitrogens with one attached hydrogen (secondary N) is 2. The van der Waals surface area contributed by atoms with Gasteiger partial charge in [-0.05, 0) is 44.9 Å². The minimum Gasteiger partial charge on any atom is -0.382 e. The Morgan fingerprint density at radius 2 is 2.05 bits per heavy atom. The number of carbonyl (C=O) groups is 1. The highest BCUT2D eigenvalue weighted by Gasteiger charge is 2.09. The second kappa shape index (κ2) is 7.82. The molecule has 0 heterocycles. The SMILES string of the molecule is CCCCC(C)Nc1cc(C(=O)NCC)ccc1C. The molecule has 0 spiro atoms. The molecule has 3 heteroatoms. The van der Waals surface area contributed by atoms with Crippen molar-refractivity contribution >= 4 is 11.6 Å². The minimum atomic E-state index is -0.00763. The van der Waals surface area contributed by atoms with E-state index in [1.807, 2.05) is 25.1 Å². The molecule has 106 valence electrons. The fraction of sp³-hybridized carbons (Fsp3) is 0.562. The summed E-state index contributed by atoms with van der Waals surface area (Å²) in [6, 6.07) is 6.26. The van der Waals surface area contributed by atoms with Gasteiger partial charge in [0.2, 0.25) is 0 Å². The van der Waals surface area contributed by atoms with Gasteiger partial charge in [-0.3, -0.25) is 4.79 Å². The van der Waals surface area contributed by atoms with E-state index in [0.29, 0.717) is 12.6 Å². The third kappa shape index (κ3) is 4.93. The zero-order valence-electron chi connectivity index (χ0n) is 12.5. The lowest BCUT2D eigenvalue weighted by molar-refractivity contribution is 0.0956. The molecule has 1 atom stereocenters. The lowest BCUT2D eigenvalue weighted by atomic mass is 10.1. The zero-order chi connectivity index (χ0) is 14.3. The van der Waals surface area contributed by atoms with E-state index >= 15 is 0 Å². The van der Waals surface area contributed by atoms with Crippen LogP contribution >= 0.6 is 0 Å². The molecule has 0 fully saturated rings. The third-order valence-electron chi connectivity index (χ3n) is 3.23. The van der Waals surface area contributed by atoms with Gasteiger partial charge in [0.05, 0.1) is 0 Å². The summed E-state index contributed by atoms with van der Waals surface area (Å²) in [5.74, 6) is -0.00763. The molecule has 0 aliphatic carbocycles. The van der Waals surface area contributed by atoms with Crippen LogP contribution in [0.25, 0.3) is 0 Å². The molecule has 3 nitrogen and oxygen atoms in total. The van der Waals surface area contributed by atoms with Crippen molar-refractivity contribution < 1.29 is 4.79 Å². The first kappa shape index (κ1) is 15.5. The van der Waals surface area contributed by atoms with Crippen LogP contribution in [0.4, 0.5) is 5.69 Å². The van der Waals surface area contributed by atoms with E-state index < -0.39 is 0 Å². The van der Waals surface area contributed by atoms with Crippen molar-refractivity contribution in [3.8, 4) is 0 Å². The van der Waals surface area contributed by atoms with Gasteiger partial charge in [0.1, 0.15) is 0 Å². The minimum absolute atomic E-state index is 0.00763. The van der Waals surface area contributed by atoms with Crippen LogP contribution in [0.15, 0.2) is 18.2 Å². The van der Waals surface area contributed by atoms with E-state index in [-0.39, 0.29) is 5.91 Å². The monoisotopic (exact) mass is 262 g/mol. The van der Waals surface area contributed by atoms with Crippen molar-refractivity contribution in [1.29, 1.82) is 0 Å². The summed E-state index contributed by atoms with van der Waals surface area (Å²) in [4.78, 5) is 11.8. The van der Waals surface area contributed by atoms with E-state index in [4.69, 9.17) is 0 Å². The summed E-state index contributed by atoms with van der Waals surface area (Å²) in [5.41, 5.74) is 2.96. The van der Waals surface area contributed by atoms with Crippen LogP contribution < -0.4 is 10.6 Å². The lowest BCUT2D eigenvalue weighted by Gasteiger charge is -2.17. The number of hydrogen-bond acceptors (Lipinski definition) is 2. The summed E-state index contributed by atoms with van der Waals surface area (Å²) in [5, 5.41) is 6.33. The average Bonchev–Trinajstić information content (AvgIpc) is 2.39. The molecule has 0 aliphatic heterocycles. The molecule has 1 rings (SSSR count). The Balaban J connectivity index is 2.76. The molecule has 2 N–H and O–H groups in total. The summed E-state index contributed by atoms with van der Waals surface area (Å²) >= 11 is 0. The second-order valence-corrected chi connectivity index (χ2v) is 5.08. The van der Waals surface area contributed by atoms with Crippen LogP contribution in [-0.2, 0) is 0 Å². The van der Waals surface area contributed by atoms with Crippen LogP contribution in [-0.4, -0.2) is 18.5 Å². The first-order valence-corrected chi connectivity index (χ1v) is 7.23. The maximum Gasteiger partial charge on any atom is 0.251 e. The van der Waals surface area contributed by atoms with Gasteiger partial charge >= 0.3 is 0 Å². The first-order chi connectivity index (χ1) is 9.08. The Labute approximate surface area is 116 Å². The summed E-state index contributed by atoms with van der Waals surface area (Å²) in [6.07, 6.45) is 3.59. The van der Waals surface area contributed by atoms with Gasteiger partial charge in [-0.1, -0.05) is 25.8 Å². The number of amides is 1. The standard InChI is InChI=1S/C16H26N2O/c1-5-7-8-13(4)18-15-11-14(10-9-12(15)3)16(19)17-6-2/h9-11,13,18H,5-8H2,1-4H3,(H,17,19). The predicted octanol–water partition coefficient (Wildman–Crippen LogP) is 3.74. The number of hydrogen-bond donors (Lipinski definition) is 2. The molecule has 0 saturated heterocycles. The van der Waals surface area contributed by atoms with Gasteiger partial charge in [-0.15, -0.1) is 0 Å². The quantitative estimate of drug-likeness (QED) is 0.786. The highest BCUT2D eigenvalue weighted by Crippen LogP contribution is 2.19. The van der Waals surface area contributed by atoms with Crippen LogP contribution in [0.3, 0.4) is 0 Å². The summed E-state index contributed by atoms with van der Waals surface area (Å²) < 4.78 is 0. The van der Waals surface area contributed by atoms with Gasteiger partial charge in [0.25, 0.3) is 5.91 Å². The number of carbonyl (C=O) groups excluding carboxylic acids is 1. The maximum absolute atomic E-state index is 11.8. The number of benzene rings is 1. The van der Waals surface area contributed by atoms with Crippen LogP contribution in [0.5, 0.6) is 0 Å². The third-order valence-corrected chi connectivity index (χ3v) is 3.23. The highest BCUT2D eigenvalue weighted by atomic mass is 16.1. The number of rotatable bonds is 7. The molecule has 1 unspecified atom stereocenters. The highest BCUT2D eigenvalue weighted by molar-refractivity contribution is 5.95. The maximum atomic E-state index is 11.8. The van der Waals surface area contributed by atoms with Crippen molar-refractivity contribution in [1.82, 2.24) is 5.32 Å². The Kier molecular flexibility index (Phi) is 6.40. The Morgan fingerprint density at radius 1 is 1.32 bits per heavy atom. The molecular weight excluding hydrogens is 236 g/mol. The normalized spacial score (nSPS) is 12.0. The fourth-order valence-electron chi connectivity index (χ4n) is 2.03. The van der Waals surface area contributed by atoms with Crippen molar-refractivity contribution in [3.63, 3.8) is 0 Å². The Hall–Kier alpha value is -1.51. The molecule has 0 bridgehead atoms. The molecule has 0 radical (unpaired) electrons. The number of aryl methyl sites for hydroxylation is 1. The van der Waals surface area contributed by atoms with Crippen LogP contribution in [0, 0.1) is 6.92 Å². The Morgan fingerprint density at radius 3 is 2.68 bits per heavy atom. The molecule has 0 aromatic heterocycles. The van der Waals surface area contributed by atoms with Gasteiger partial charge in [0, 0.05) is 23.8 Å². The largest absolute Gasteiger partial charge is 0.382 e. The Bertz CT molecular complexity index is 415. The summed E-state index contributed by atoms with van der Waals surface area (Å²) in [7, 11) is 0.